The van der Waals surface area contributed by atoms with E-state index in [0.717, 1.165) is 30.6 Å². The van der Waals surface area contributed by atoms with Gasteiger partial charge in [-0.3, -0.25) is 9.52 Å². The van der Waals surface area contributed by atoms with Crippen molar-refractivity contribution in [3.8, 4) is 11.5 Å². The summed E-state index contributed by atoms with van der Waals surface area (Å²) in [5, 5.41) is 3.17. The van der Waals surface area contributed by atoms with Crippen LogP contribution in [0.2, 0.25) is 0 Å². The lowest BCUT2D eigenvalue weighted by molar-refractivity contribution is 0.0905. The third-order valence-electron chi connectivity index (χ3n) is 6.72. The summed E-state index contributed by atoms with van der Waals surface area (Å²) in [5.74, 6) is 0.959. The van der Waals surface area contributed by atoms with Gasteiger partial charge in [-0.15, -0.1) is 0 Å². The normalized spacial score (nSPS) is 18.2. The van der Waals surface area contributed by atoms with E-state index in [1.54, 1.807) is 62.8 Å². The summed E-state index contributed by atoms with van der Waals surface area (Å²) in [6.07, 6.45) is 0.749. The number of likely N-dealkylation sites (tertiary alicyclic amines) is 1. The number of likely N-dealkylation sites (N-methyl/N-ethyl adjacent to an activating group) is 1. The molecule has 0 spiro atoms. The van der Waals surface area contributed by atoms with Crippen LogP contribution in [0, 0.1) is 6.92 Å². The molecule has 3 aromatic rings. The molecule has 0 aromatic heterocycles. The minimum Gasteiger partial charge on any atom is -0.493 e. The van der Waals surface area contributed by atoms with Gasteiger partial charge >= 0.3 is 0 Å². The van der Waals surface area contributed by atoms with Crippen LogP contribution in [0.3, 0.4) is 0 Å². The minimum absolute atomic E-state index is 0.0129. The molecule has 1 saturated heterocycles. The first-order chi connectivity index (χ1) is 17.7. The third-order valence-corrected chi connectivity index (χ3v) is 8.10. The Bertz CT molecular complexity index is 1360. The first-order valence-electron chi connectivity index (χ1n) is 12.1. The number of nitrogens with zero attached hydrogens (tertiary/aromatic N) is 1. The summed E-state index contributed by atoms with van der Waals surface area (Å²) < 4.78 is 39.5. The predicted molar refractivity (Wildman–Crippen MR) is 144 cm³/mol. The van der Waals surface area contributed by atoms with Crippen molar-refractivity contribution in [3.63, 3.8) is 0 Å². The van der Waals surface area contributed by atoms with E-state index in [9.17, 15) is 13.2 Å². The molecule has 9 heteroatoms. The van der Waals surface area contributed by atoms with Crippen molar-refractivity contribution in [2.45, 2.75) is 30.2 Å². The molecule has 4 rings (SSSR count). The molecule has 1 aliphatic heterocycles. The Morgan fingerprint density at radius 3 is 2.38 bits per heavy atom. The number of methoxy groups -OCH3 is 2. The highest BCUT2D eigenvalue weighted by Crippen LogP contribution is 2.34. The van der Waals surface area contributed by atoms with Gasteiger partial charge < -0.3 is 19.7 Å². The van der Waals surface area contributed by atoms with Crippen LogP contribution in [-0.4, -0.2) is 59.6 Å². The van der Waals surface area contributed by atoms with Crippen molar-refractivity contribution in [2.75, 3.05) is 39.1 Å². The van der Waals surface area contributed by atoms with Crippen molar-refractivity contribution in [1.29, 1.82) is 0 Å². The van der Waals surface area contributed by atoms with Gasteiger partial charge in [0.25, 0.3) is 15.9 Å². The summed E-state index contributed by atoms with van der Waals surface area (Å²) >= 11 is 0. The fraction of sp³-hybridized carbons (Fsp3) is 0.321. The largest absolute Gasteiger partial charge is 0.493 e. The fourth-order valence-electron chi connectivity index (χ4n) is 4.65. The molecular weight excluding hydrogens is 490 g/mol. The number of amides is 1. The molecule has 1 fully saturated rings. The Morgan fingerprint density at radius 2 is 1.68 bits per heavy atom. The molecule has 0 radical (unpaired) electrons. The van der Waals surface area contributed by atoms with E-state index in [0.29, 0.717) is 11.5 Å². The van der Waals surface area contributed by atoms with E-state index in [-0.39, 0.29) is 34.0 Å². The zero-order valence-corrected chi connectivity index (χ0v) is 22.3. The lowest BCUT2D eigenvalue weighted by Gasteiger charge is -2.37. The van der Waals surface area contributed by atoms with Crippen molar-refractivity contribution >= 4 is 21.6 Å². The number of carbonyl (C=O) groups is 1. The number of ether oxygens (including phenoxy) is 2. The number of aryl methyl sites for hydroxylation is 1. The number of carbonyl (C=O) groups excluding carboxylic acids is 1. The van der Waals surface area contributed by atoms with Gasteiger partial charge in [-0.2, -0.15) is 0 Å². The van der Waals surface area contributed by atoms with Gasteiger partial charge in [0.15, 0.2) is 11.5 Å². The van der Waals surface area contributed by atoms with Crippen molar-refractivity contribution < 1.29 is 22.7 Å². The molecule has 2 N–H and O–H groups in total. The first kappa shape index (κ1) is 26.5. The van der Waals surface area contributed by atoms with Crippen LogP contribution in [-0.2, 0) is 10.0 Å². The van der Waals surface area contributed by atoms with Crippen molar-refractivity contribution in [3.05, 3.63) is 83.4 Å². The van der Waals surface area contributed by atoms with E-state index in [2.05, 4.69) is 22.0 Å². The van der Waals surface area contributed by atoms with Crippen molar-refractivity contribution in [1.82, 2.24) is 10.2 Å². The van der Waals surface area contributed by atoms with Gasteiger partial charge in [-0.1, -0.05) is 35.9 Å². The molecule has 3 aromatic carbocycles. The number of sulfonamides is 1. The summed E-state index contributed by atoms with van der Waals surface area (Å²) in [5.41, 5.74) is 2.49. The average Bonchev–Trinajstić information content (AvgIpc) is 2.89. The Hall–Kier alpha value is -3.56. The smallest absolute Gasteiger partial charge is 0.261 e. The monoisotopic (exact) mass is 523 g/mol. The number of para-hydroxylation sites is 1. The van der Waals surface area contributed by atoms with Gasteiger partial charge in [-0.05, 0) is 68.9 Å². The van der Waals surface area contributed by atoms with Crippen LogP contribution in [0.5, 0.6) is 11.5 Å². The lowest BCUT2D eigenvalue weighted by Crippen LogP contribution is -2.48. The summed E-state index contributed by atoms with van der Waals surface area (Å²) in [7, 11) is 1.40. The maximum absolute atomic E-state index is 13.5. The second kappa shape index (κ2) is 11.2. The number of anilines is 1. The summed E-state index contributed by atoms with van der Waals surface area (Å²) in [4.78, 5) is 15.8. The first-order valence-corrected chi connectivity index (χ1v) is 13.6. The molecule has 8 nitrogen and oxygen atoms in total. The topological polar surface area (TPSA) is 97.0 Å². The zero-order chi connectivity index (χ0) is 26.6. The third kappa shape index (κ3) is 6.06. The molecule has 0 saturated carbocycles. The molecule has 2 atom stereocenters. The summed E-state index contributed by atoms with van der Waals surface area (Å²) in [6, 6.07) is 18.9. The number of benzene rings is 3. The number of nitrogens with one attached hydrogen (secondary N) is 2. The van der Waals surface area contributed by atoms with Gasteiger partial charge in [-0.25, -0.2) is 8.42 Å². The van der Waals surface area contributed by atoms with Crippen LogP contribution >= 0.6 is 0 Å². The Balaban J connectivity index is 1.58. The molecule has 1 aliphatic rings. The highest BCUT2D eigenvalue weighted by atomic mass is 32.2. The molecule has 37 heavy (non-hydrogen) atoms. The number of piperidine rings is 1. The van der Waals surface area contributed by atoms with Crippen LogP contribution in [0.15, 0.2) is 71.6 Å². The van der Waals surface area contributed by atoms with Crippen LogP contribution in [0.4, 0.5) is 5.69 Å². The Kier molecular flexibility index (Phi) is 8.04. The van der Waals surface area contributed by atoms with Crippen molar-refractivity contribution in [2.24, 2.45) is 0 Å². The van der Waals surface area contributed by atoms with Gasteiger partial charge in [0.05, 0.1) is 30.4 Å². The number of hydrogen-bond donors (Lipinski definition) is 2. The average molecular weight is 524 g/mol. The lowest BCUT2D eigenvalue weighted by atomic mass is 9.85. The fourth-order valence-corrected chi connectivity index (χ4v) is 5.73. The molecule has 196 valence electrons. The second-order valence-corrected chi connectivity index (χ2v) is 11.0. The van der Waals surface area contributed by atoms with E-state index < -0.39 is 10.0 Å². The maximum Gasteiger partial charge on any atom is 0.261 e. The maximum atomic E-state index is 13.5. The molecule has 0 aliphatic carbocycles. The Morgan fingerprint density at radius 1 is 0.973 bits per heavy atom. The minimum atomic E-state index is -3.86. The zero-order valence-electron chi connectivity index (χ0n) is 21.5. The predicted octanol–water partition coefficient (Wildman–Crippen LogP) is 4.03. The second-order valence-electron chi connectivity index (χ2n) is 9.32. The van der Waals surface area contributed by atoms with Crippen LogP contribution < -0.4 is 19.5 Å². The van der Waals surface area contributed by atoms with Gasteiger partial charge in [0, 0.05) is 18.5 Å². The number of hydrogen-bond acceptors (Lipinski definition) is 6. The molecule has 1 heterocycles. The van der Waals surface area contributed by atoms with Gasteiger partial charge in [0.1, 0.15) is 0 Å². The number of rotatable bonds is 8. The van der Waals surface area contributed by atoms with E-state index in [1.807, 2.05) is 25.1 Å². The van der Waals surface area contributed by atoms with Crippen LogP contribution in [0.1, 0.15) is 33.8 Å². The highest BCUT2D eigenvalue weighted by Gasteiger charge is 2.31. The molecule has 1 amide bonds. The standard InChI is InChI=1S/C28H33N3O5S/c1-19-9-12-21(13-10-19)37(33,34)30-25-8-6-5-7-22(25)28(32)29-24-15-16-31(2)18-23(24)20-11-14-26(35-3)27(17-20)36-4/h5-14,17,23-24,30H,15-16,18H2,1-4H3,(H,29,32). The quantitative estimate of drug-likeness (QED) is 0.463. The molecule has 2 unspecified atom stereocenters. The molecular formula is C28H33N3O5S. The molecule has 0 bridgehead atoms. The van der Waals surface area contributed by atoms with Gasteiger partial charge in [0.2, 0.25) is 0 Å². The van der Waals surface area contributed by atoms with E-state index in [4.69, 9.17) is 9.47 Å². The van der Waals surface area contributed by atoms with E-state index >= 15 is 0 Å². The summed E-state index contributed by atoms with van der Waals surface area (Å²) in [6.45, 7) is 3.47. The van der Waals surface area contributed by atoms with E-state index in [1.165, 1.54) is 0 Å². The van der Waals surface area contributed by atoms with Crippen LogP contribution in [0.25, 0.3) is 0 Å². The SMILES string of the molecule is COc1ccc(C2CN(C)CCC2NC(=O)c2ccccc2NS(=O)(=O)c2ccc(C)cc2)cc1OC. The highest BCUT2D eigenvalue weighted by molar-refractivity contribution is 7.92. The Labute approximate surface area is 218 Å².